The molecule has 1 aromatic rings. The lowest BCUT2D eigenvalue weighted by molar-refractivity contribution is -0.116. The van der Waals surface area contributed by atoms with Crippen LogP contribution in [0.3, 0.4) is 0 Å². The molecule has 3 N–H and O–H groups in total. The van der Waals surface area contributed by atoms with Crippen molar-refractivity contribution in [3.05, 3.63) is 24.3 Å². The average molecular weight is 208 g/mol. The predicted octanol–water partition coefficient (Wildman–Crippen LogP) is 1.37. The van der Waals surface area contributed by atoms with Crippen LogP contribution in [-0.2, 0) is 4.79 Å². The molecule has 1 rings (SSSR count). The fourth-order valence-electron chi connectivity index (χ4n) is 1.20. The van der Waals surface area contributed by atoms with Crippen LogP contribution in [0.4, 0.5) is 5.69 Å². The van der Waals surface area contributed by atoms with Crippen LogP contribution < -0.4 is 15.8 Å². The van der Waals surface area contributed by atoms with Crippen molar-refractivity contribution in [1.29, 1.82) is 0 Å². The topological polar surface area (TPSA) is 64.3 Å². The van der Waals surface area contributed by atoms with Crippen LogP contribution in [0.5, 0.6) is 5.75 Å². The number of benzene rings is 1. The molecule has 0 heterocycles. The highest BCUT2D eigenvalue weighted by Crippen LogP contribution is 2.23. The number of nitrogens with two attached hydrogens (primary N) is 1. The van der Waals surface area contributed by atoms with E-state index in [9.17, 15) is 4.79 Å². The number of hydrogen-bond donors (Lipinski definition) is 2. The van der Waals surface area contributed by atoms with E-state index in [1.807, 2.05) is 25.1 Å². The monoisotopic (exact) mass is 208 g/mol. The first-order valence-corrected chi connectivity index (χ1v) is 4.99. The Bertz CT molecular complexity index is 326. The van der Waals surface area contributed by atoms with Crippen molar-refractivity contribution in [3.63, 3.8) is 0 Å². The van der Waals surface area contributed by atoms with Gasteiger partial charge in [0.05, 0.1) is 12.3 Å². The Hall–Kier alpha value is -1.55. The second-order valence-electron chi connectivity index (χ2n) is 3.02. The molecule has 0 aliphatic heterocycles. The number of rotatable bonds is 5. The van der Waals surface area contributed by atoms with Crippen molar-refractivity contribution < 1.29 is 9.53 Å². The summed E-state index contributed by atoms with van der Waals surface area (Å²) in [4.78, 5) is 11.3. The maximum absolute atomic E-state index is 11.3. The minimum Gasteiger partial charge on any atom is -0.492 e. The molecule has 0 fully saturated rings. The Morgan fingerprint density at radius 3 is 2.87 bits per heavy atom. The Morgan fingerprint density at radius 2 is 2.20 bits per heavy atom. The van der Waals surface area contributed by atoms with Gasteiger partial charge in [0.1, 0.15) is 5.75 Å². The highest BCUT2D eigenvalue weighted by atomic mass is 16.5. The van der Waals surface area contributed by atoms with Gasteiger partial charge in [0, 0.05) is 13.0 Å². The molecule has 0 aliphatic rings. The van der Waals surface area contributed by atoms with Crippen LogP contribution in [0.2, 0.25) is 0 Å². The van der Waals surface area contributed by atoms with Gasteiger partial charge < -0.3 is 15.8 Å². The second-order valence-corrected chi connectivity index (χ2v) is 3.02. The van der Waals surface area contributed by atoms with E-state index < -0.39 is 0 Å². The third kappa shape index (κ3) is 3.59. The van der Waals surface area contributed by atoms with Crippen molar-refractivity contribution in [3.8, 4) is 5.75 Å². The van der Waals surface area contributed by atoms with Gasteiger partial charge in [0.25, 0.3) is 0 Å². The fourth-order valence-corrected chi connectivity index (χ4v) is 1.20. The molecule has 0 unspecified atom stereocenters. The van der Waals surface area contributed by atoms with Gasteiger partial charge in [-0.1, -0.05) is 12.1 Å². The van der Waals surface area contributed by atoms with Gasteiger partial charge in [-0.2, -0.15) is 0 Å². The zero-order valence-corrected chi connectivity index (χ0v) is 8.82. The number of para-hydroxylation sites is 2. The van der Waals surface area contributed by atoms with Gasteiger partial charge in [-0.15, -0.1) is 0 Å². The van der Waals surface area contributed by atoms with Crippen molar-refractivity contribution in [2.75, 3.05) is 18.5 Å². The summed E-state index contributed by atoms with van der Waals surface area (Å²) in [5, 5.41) is 2.75. The lowest BCUT2D eigenvalue weighted by Crippen LogP contribution is -2.16. The molecule has 0 bridgehead atoms. The number of anilines is 1. The molecule has 0 spiro atoms. The Balaban J connectivity index is 2.70. The van der Waals surface area contributed by atoms with Crippen molar-refractivity contribution in [2.24, 2.45) is 5.73 Å². The second kappa shape index (κ2) is 6.03. The zero-order valence-electron chi connectivity index (χ0n) is 8.82. The minimum atomic E-state index is -0.0929. The largest absolute Gasteiger partial charge is 0.492 e. The molecule has 1 amide bonds. The number of ether oxygens (including phenoxy) is 1. The van der Waals surface area contributed by atoms with Crippen LogP contribution in [0, 0.1) is 0 Å². The molecule has 0 saturated heterocycles. The predicted molar refractivity (Wildman–Crippen MR) is 59.9 cm³/mol. The first-order chi connectivity index (χ1) is 7.27. The summed E-state index contributed by atoms with van der Waals surface area (Å²) in [5.74, 6) is 0.593. The van der Waals surface area contributed by atoms with Gasteiger partial charge in [-0.25, -0.2) is 0 Å². The Labute approximate surface area is 89.4 Å². The maximum Gasteiger partial charge on any atom is 0.225 e. The van der Waals surface area contributed by atoms with Gasteiger partial charge >= 0.3 is 0 Å². The van der Waals surface area contributed by atoms with E-state index in [1.165, 1.54) is 0 Å². The number of carbonyl (C=O) groups excluding carboxylic acids is 1. The number of hydrogen-bond acceptors (Lipinski definition) is 3. The maximum atomic E-state index is 11.3. The van der Waals surface area contributed by atoms with Crippen LogP contribution in [0.1, 0.15) is 13.3 Å². The molecule has 0 radical (unpaired) electrons. The lowest BCUT2D eigenvalue weighted by Gasteiger charge is -2.10. The smallest absolute Gasteiger partial charge is 0.225 e. The summed E-state index contributed by atoms with van der Waals surface area (Å²) in [6, 6.07) is 7.34. The van der Waals surface area contributed by atoms with Gasteiger partial charge in [0.2, 0.25) is 5.91 Å². The summed E-state index contributed by atoms with van der Waals surface area (Å²) < 4.78 is 5.37. The number of carbonyl (C=O) groups is 1. The van der Waals surface area contributed by atoms with E-state index in [2.05, 4.69) is 5.32 Å². The van der Waals surface area contributed by atoms with Crippen LogP contribution in [0.15, 0.2) is 24.3 Å². The van der Waals surface area contributed by atoms with Crippen LogP contribution in [-0.4, -0.2) is 19.1 Å². The Morgan fingerprint density at radius 1 is 1.47 bits per heavy atom. The SMILES string of the molecule is CCOc1ccccc1NC(=O)CCN. The first-order valence-electron chi connectivity index (χ1n) is 4.99. The fraction of sp³-hybridized carbons (Fsp3) is 0.364. The van der Waals surface area contributed by atoms with E-state index in [1.54, 1.807) is 6.07 Å². The Kier molecular flexibility index (Phi) is 4.63. The normalized spacial score (nSPS) is 9.73. The quantitative estimate of drug-likeness (QED) is 0.768. The summed E-state index contributed by atoms with van der Waals surface area (Å²) in [5.41, 5.74) is 5.98. The molecular formula is C11H16N2O2. The minimum absolute atomic E-state index is 0.0929. The van der Waals surface area contributed by atoms with E-state index in [-0.39, 0.29) is 5.91 Å². The lowest BCUT2D eigenvalue weighted by atomic mass is 10.3. The summed E-state index contributed by atoms with van der Waals surface area (Å²) in [6.45, 7) is 2.82. The summed E-state index contributed by atoms with van der Waals surface area (Å²) >= 11 is 0. The third-order valence-corrected chi connectivity index (χ3v) is 1.83. The number of nitrogens with one attached hydrogen (secondary N) is 1. The molecule has 4 nitrogen and oxygen atoms in total. The molecule has 82 valence electrons. The average Bonchev–Trinajstić information content (AvgIpc) is 2.21. The summed E-state index contributed by atoms with van der Waals surface area (Å²) in [6.07, 6.45) is 0.320. The molecular weight excluding hydrogens is 192 g/mol. The van der Waals surface area contributed by atoms with Crippen molar-refractivity contribution in [1.82, 2.24) is 0 Å². The summed E-state index contributed by atoms with van der Waals surface area (Å²) in [7, 11) is 0. The molecule has 15 heavy (non-hydrogen) atoms. The van der Waals surface area contributed by atoms with Crippen molar-refractivity contribution >= 4 is 11.6 Å². The van der Waals surface area contributed by atoms with Crippen LogP contribution in [0.25, 0.3) is 0 Å². The molecule has 0 aliphatic carbocycles. The van der Waals surface area contributed by atoms with Gasteiger partial charge in [-0.3, -0.25) is 4.79 Å². The van der Waals surface area contributed by atoms with E-state index >= 15 is 0 Å². The molecule has 0 aromatic heterocycles. The molecule has 0 atom stereocenters. The molecule has 4 heteroatoms. The highest BCUT2D eigenvalue weighted by Gasteiger charge is 2.05. The highest BCUT2D eigenvalue weighted by molar-refractivity contribution is 5.92. The molecule has 1 aromatic carbocycles. The molecule has 0 saturated carbocycles. The first kappa shape index (κ1) is 11.5. The van der Waals surface area contributed by atoms with Gasteiger partial charge in [-0.05, 0) is 19.1 Å². The zero-order chi connectivity index (χ0) is 11.1. The van der Waals surface area contributed by atoms with E-state index in [0.29, 0.717) is 31.0 Å². The van der Waals surface area contributed by atoms with E-state index in [4.69, 9.17) is 10.5 Å². The third-order valence-electron chi connectivity index (χ3n) is 1.83. The standard InChI is InChI=1S/C11H16N2O2/c1-2-15-10-6-4-3-5-9(10)13-11(14)7-8-12/h3-6H,2,7-8,12H2,1H3,(H,13,14). The van der Waals surface area contributed by atoms with Crippen LogP contribution >= 0.6 is 0 Å². The van der Waals surface area contributed by atoms with Gasteiger partial charge in [0.15, 0.2) is 0 Å². The number of amides is 1. The van der Waals surface area contributed by atoms with Crippen molar-refractivity contribution in [2.45, 2.75) is 13.3 Å². The van der Waals surface area contributed by atoms with E-state index in [0.717, 1.165) is 0 Å².